The fraction of sp³-hybridized carbons (Fsp3) is 1.00. The van der Waals surface area contributed by atoms with E-state index in [0.29, 0.717) is 12.1 Å². The van der Waals surface area contributed by atoms with Gasteiger partial charge < -0.3 is 5.32 Å². The lowest BCUT2D eigenvalue weighted by Crippen LogP contribution is -2.48. The third kappa shape index (κ3) is 2.71. The Balaban J connectivity index is 2.47. The van der Waals surface area contributed by atoms with E-state index in [-0.39, 0.29) is 0 Å². The van der Waals surface area contributed by atoms with Crippen molar-refractivity contribution in [2.24, 2.45) is 5.92 Å². The maximum atomic E-state index is 3.52. The standard InChI is InChI=1S/C12H26N2/c1-6-13-11(4)12(5)14-8-9(2)7-10(14)3/h9-13H,6-8H2,1-5H3. The molecule has 1 fully saturated rings. The molecule has 1 heterocycles. The second-order valence-electron chi connectivity index (χ2n) is 4.97. The molecule has 84 valence electrons. The van der Waals surface area contributed by atoms with E-state index in [0.717, 1.165) is 18.5 Å². The van der Waals surface area contributed by atoms with Crippen molar-refractivity contribution < 1.29 is 0 Å². The highest BCUT2D eigenvalue weighted by Crippen LogP contribution is 2.25. The maximum absolute atomic E-state index is 3.52. The lowest BCUT2D eigenvalue weighted by Gasteiger charge is -2.33. The van der Waals surface area contributed by atoms with Crippen molar-refractivity contribution >= 4 is 0 Å². The molecule has 1 N–H and O–H groups in total. The SMILES string of the molecule is CCNC(C)C(C)N1CC(C)CC1C. The van der Waals surface area contributed by atoms with Crippen molar-refractivity contribution in [1.82, 2.24) is 10.2 Å². The maximum Gasteiger partial charge on any atom is 0.0221 e. The zero-order chi connectivity index (χ0) is 10.7. The number of hydrogen-bond acceptors (Lipinski definition) is 2. The molecule has 2 heteroatoms. The van der Waals surface area contributed by atoms with Gasteiger partial charge in [-0.3, -0.25) is 4.90 Å². The van der Waals surface area contributed by atoms with E-state index in [9.17, 15) is 0 Å². The lowest BCUT2D eigenvalue weighted by atomic mass is 10.1. The van der Waals surface area contributed by atoms with Gasteiger partial charge in [-0.05, 0) is 39.7 Å². The fourth-order valence-corrected chi connectivity index (χ4v) is 2.68. The highest BCUT2D eigenvalue weighted by atomic mass is 15.2. The zero-order valence-corrected chi connectivity index (χ0v) is 10.4. The number of likely N-dealkylation sites (tertiary alicyclic amines) is 1. The van der Waals surface area contributed by atoms with Crippen LogP contribution in [0.25, 0.3) is 0 Å². The van der Waals surface area contributed by atoms with Crippen molar-refractivity contribution in [3.8, 4) is 0 Å². The lowest BCUT2D eigenvalue weighted by molar-refractivity contribution is 0.167. The Bertz CT molecular complexity index is 170. The van der Waals surface area contributed by atoms with Crippen LogP contribution in [0.5, 0.6) is 0 Å². The van der Waals surface area contributed by atoms with E-state index in [1.165, 1.54) is 13.0 Å². The van der Waals surface area contributed by atoms with Crippen LogP contribution in [0, 0.1) is 5.92 Å². The van der Waals surface area contributed by atoms with Gasteiger partial charge in [0.2, 0.25) is 0 Å². The number of nitrogens with one attached hydrogen (secondary N) is 1. The Kier molecular flexibility index (Phi) is 4.39. The van der Waals surface area contributed by atoms with E-state index in [1.54, 1.807) is 0 Å². The van der Waals surface area contributed by atoms with Crippen LogP contribution < -0.4 is 5.32 Å². The summed E-state index contributed by atoms with van der Waals surface area (Å²) < 4.78 is 0. The van der Waals surface area contributed by atoms with Crippen molar-refractivity contribution in [3.05, 3.63) is 0 Å². The third-order valence-corrected chi connectivity index (χ3v) is 3.60. The summed E-state index contributed by atoms with van der Waals surface area (Å²) in [5.74, 6) is 0.876. The second kappa shape index (κ2) is 5.13. The van der Waals surface area contributed by atoms with Gasteiger partial charge in [0.1, 0.15) is 0 Å². The second-order valence-corrected chi connectivity index (χ2v) is 4.97. The number of rotatable bonds is 4. The highest BCUT2D eigenvalue weighted by Gasteiger charge is 2.31. The molecular formula is C12H26N2. The molecule has 1 aliphatic rings. The number of nitrogens with zero attached hydrogens (tertiary/aromatic N) is 1. The molecule has 0 aromatic rings. The summed E-state index contributed by atoms with van der Waals surface area (Å²) in [7, 11) is 0. The molecule has 0 radical (unpaired) electrons. The Morgan fingerprint density at radius 1 is 1.36 bits per heavy atom. The van der Waals surface area contributed by atoms with Gasteiger partial charge in [-0.25, -0.2) is 0 Å². The van der Waals surface area contributed by atoms with Gasteiger partial charge >= 0.3 is 0 Å². The van der Waals surface area contributed by atoms with Gasteiger partial charge in [0.25, 0.3) is 0 Å². The van der Waals surface area contributed by atoms with E-state index >= 15 is 0 Å². The minimum Gasteiger partial charge on any atom is -0.313 e. The monoisotopic (exact) mass is 198 g/mol. The molecule has 1 aliphatic heterocycles. The molecule has 14 heavy (non-hydrogen) atoms. The first kappa shape index (κ1) is 12.0. The van der Waals surface area contributed by atoms with Crippen LogP contribution in [-0.2, 0) is 0 Å². The number of likely N-dealkylation sites (N-methyl/N-ethyl adjacent to an activating group) is 1. The summed E-state index contributed by atoms with van der Waals surface area (Å²) >= 11 is 0. The summed E-state index contributed by atoms with van der Waals surface area (Å²) in [6.45, 7) is 13.9. The minimum absolute atomic E-state index is 0.604. The predicted octanol–water partition coefficient (Wildman–Crippen LogP) is 2.10. The molecule has 0 spiro atoms. The van der Waals surface area contributed by atoms with Crippen LogP contribution in [0.2, 0.25) is 0 Å². The summed E-state index contributed by atoms with van der Waals surface area (Å²) in [5.41, 5.74) is 0. The average molecular weight is 198 g/mol. The first-order chi connectivity index (χ1) is 6.56. The molecule has 0 aromatic heterocycles. The van der Waals surface area contributed by atoms with Crippen LogP contribution in [0.4, 0.5) is 0 Å². The zero-order valence-electron chi connectivity index (χ0n) is 10.4. The van der Waals surface area contributed by atoms with Crippen molar-refractivity contribution in [2.45, 2.75) is 59.2 Å². The summed E-state index contributed by atoms with van der Waals surface area (Å²) in [4.78, 5) is 2.65. The molecule has 0 bridgehead atoms. The molecular weight excluding hydrogens is 172 g/mol. The smallest absolute Gasteiger partial charge is 0.0221 e. The molecule has 0 aromatic carbocycles. The van der Waals surface area contributed by atoms with E-state index < -0.39 is 0 Å². The summed E-state index contributed by atoms with van der Waals surface area (Å²) in [6.07, 6.45) is 1.36. The Labute approximate surface area is 89.1 Å². The first-order valence-electron chi connectivity index (χ1n) is 6.05. The topological polar surface area (TPSA) is 15.3 Å². The normalized spacial score (nSPS) is 33.2. The molecule has 2 nitrogen and oxygen atoms in total. The Morgan fingerprint density at radius 3 is 2.43 bits per heavy atom. The van der Waals surface area contributed by atoms with Crippen LogP contribution in [0.3, 0.4) is 0 Å². The first-order valence-corrected chi connectivity index (χ1v) is 6.05. The van der Waals surface area contributed by atoms with E-state index in [2.05, 4.69) is 44.8 Å². The van der Waals surface area contributed by atoms with E-state index in [1.807, 2.05) is 0 Å². The molecule has 4 unspecified atom stereocenters. The van der Waals surface area contributed by atoms with Gasteiger partial charge in [-0.1, -0.05) is 13.8 Å². The highest BCUT2D eigenvalue weighted by molar-refractivity contribution is 4.87. The summed E-state index contributed by atoms with van der Waals surface area (Å²) in [5, 5.41) is 3.52. The number of hydrogen-bond donors (Lipinski definition) is 1. The fourth-order valence-electron chi connectivity index (χ4n) is 2.68. The van der Waals surface area contributed by atoms with Crippen molar-refractivity contribution in [2.75, 3.05) is 13.1 Å². The van der Waals surface area contributed by atoms with Gasteiger partial charge in [-0.15, -0.1) is 0 Å². The Morgan fingerprint density at radius 2 is 2.00 bits per heavy atom. The molecule has 1 saturated heterocycles. The molecule has 4 atom stereocenters. The predicted molar refractivity (Wildman–Crippen MR) is 62.5 cm³/mol. The van der Waals surface area contributed by atoms with Crippen LogP contribution in [0.1, 0.15) is 41.0 Å². The molecule has 0 aliphatic carbocycles. The van der Waals surface area contributed by atoms with Gasteiger partial charge in [0.15, 0.2) is 0 Å². The van der Waals surface area contributed by atoms with Crippen LogP contribution in [0.15, 0.2) is 0 Å². The van der Waals surface area contributed by atoms with Gasteiger partial charge in [-0.2, -0.15) is 0 Å². The third-order valence-electron chi connectivity index (χ3n) is 3.60. The Hall–Kier alpha value is -0.0800. The summed E-state index contributed by atoms with van der Waals surface area (Å²) in [6, 6.07) is 2.03. The quantitative estimate of drug-likeness (QED) is 0.744. The molecule has 0 amide bonds. The minimum atomic E-state index is 0.604. The largest absolute Gasteiger partial charge is 0.313 e. The van der Waals surface area contributed by atoms with Gasteiger partial charge in [0.05, 0.1) is 0 Å². The van der Waals surface area contributed by atoms with Gasteiger partial charge in [0, 0.05) is 24.7 Å². The molecule has 0 saturated carbocycles. The van der Waals surface area contributed by atoms with Crippen LogP contribution >= 0.6 is 0 Å². The average Bonchev–Trinajstić information content (AvgIpc) is 2.44. The van der Waals surface area contributed by atoms with E-state index in [4.69, 9.17) is 0 Å². The van der Waals surface area contributed by atoms with Crippen LogP contribution in [-0.4, -0.2) is 36.1 Å². The molecule has 1 rings (SSSR count). The van der Waals surface area contributed by atoms with Crippen molar-refractivity contribution in [3.63, 3.8) is 0 Å². The van der Waals surface area contributed by atoms with Crippen molar-refractivity contribution in [1.29, 1.82) is 0 Å².